The van der Waals surface area contributed by atoms with Crippen molar-refractivity contribution in [2.24, 2.45) is 0 Å². The first-order chi connectivity index (χ1) is 14.9. The van der Waals surface area contributed by atoms with Gasteiger partial charge in [-0.25, -0.2) is 15.0 Å². The van der Waals surface area contributed by atoms with E-state index in [0.717, 1.165) is 16.7 Å². The molecule has 6 nitrogen and oxygen atoms in total. The molecule has 5 rings (SSSR count). The second-order valence-electron chi connectivity index (χ2n) is 6.93. The third kappa shape index (κ3) is 2.66. The predicted molar refractivity (Wildman–Crippen MR) is 115 cm³/mol. The fourth-order valence-electron chi connectivity index (χ4n) is 4.12. The maximum Gasteiger partial charge on any atom is 0.181 e. The van der Waals surface area contributed by atoms with Gasteiger partial charge in [-0.15, -0.1) is 0 Å². The van der Waals surface area contributed by atoms with Gasteiger partial charge in [0.25, 0.3) is 0 Å². The summed E-state index contributed by atoms with van der Waals surface area (Å²) in [5.74, 6) is 0.266. The molecule has 0 amide bonds. The topological polar surface area (TPSA) is 75.9 Å². The Labute approximate surface area is 173 Å². The molecule has 0 spiro atoms. The van der Waals surface area contributed by atoms with E-state index >= 15 is 0 Å². The van der Waals surface area contributed by atoms with E-state index < -0.39 is 5.54 Å². The van der Waals surface area contributed by atoms with Gasteiger partial charge in [-0.3, -0.25) is 15.3 Å². The molecule has 0 aliphatic rings. The number of aromatic nitrogens is 4. The molecule has 0 bridgehead atoms. The van der Waals surface area contributed by atoms with Gasteiger partial charge >= 0.3 is 0 Å². The zero-order valence-corrected chi connectivity index (χ0v) is 16.1. The Morgan fingerprint density at radius 2 is 1.17 bits per heavy atom. The Morgan fingerprint density at radius 1 is 0.667 bits per heavy atom. The molecule has 3 aromatic carbocycles. The lowest BCUT2D eigenvalue weighted by atomic mass is 9.76. The van der Waals surface area contributed by atoms with Crippen molar-refractivity contribution >= 4 is 17.0 Å². The highest BCUT2D eigenvalue weighted by Crippen LogP contribution is 2.42. The number of nitrogens with zero attached hydrogens (tertiary/aromatic N) is 4. The van der Waals surface area contributed by atoms with Crippen molar-refractivity contribution in [2.75, 3.05) is 5.48 Å². The third-order valence-corrected chi connectivity index (χ3v) is 5.38. The molecule has 2 N–H and O–H groups in total. The van der Waals surface area contributed by atoms with Crippen LogP contribution in [-0.2, 0) is 5.54 Å². The molecule has 0 saturated carbocycles. The number of rotatable bonds is 5. The van der Waals surface area contributed by atoms with Crippen LogP contribution in [0.4, 0.5) is 5.82 Å². The van der Waals surface area contributed by atoms with Crippen LogP contribution in [0, 0.1) is 0 Å². The number of nitrogens with one attached hydrogen (secondary N) is 1. The van der Waals surface area contributed by atoms with Gasteiger partial charge in [0, 0.05) is 0 Å². The minimum atomic E-state index is -0.723. The van der Waals surface area contributed by atoms with Crippen LogP contribution >= 0.6 is 0 Å². The van der Waals surface area contributed by atoms with E-state index in [1.54, 1.807) is 6.33 Å². The minimum absolute atomic E-state index is 0.266. The summed E-state index contributed by atoms with van der Waals surface area (Å²) in [6.07, 6.45) is 3.18. The average Bonchev–Trinajstić information content (AvgIpc) is 3.26. The number of fused-ring (bicyclic) bond motifs is 1. The molecule has 2 aromatic heterocycles. The van der Waals surface area contributed by atoms with Crippen molar-refractivity contribution in [3.63, 3.8) is 0 Å². The summed E-state index contributed by atoms with van der Waals surface area (Å²) < 4.78 is 2.05. The quantitative estimate of drug-likeness (QED) is 0.340. The Kier molecular flexibility index (Phi) is 4.46. The van der Waals surface area contributed by atoms with E-state index in [1.165, 1.54) is 6.33 Å². The van der Waals surface area contributed by atoms with Gasteiger partial charge in [0.15, 0.2) is 17.0 Å². The van der Waals surface area contributed by atoms with Crippen molar-refractivity contribution in [2.45, 2.75) is 5.54 Å². The fraction of sp³-hybridized carbons (Fsp3) is 0.0417. The first kappa shape index (κ1) is 18.0. The maximum absolute atomic E-state index is 9.51. The lowest BCUT2D eigenvalue weighted by Crippen LogP contribution is -2.37. The zero-order chi connectivity index (χ0) is 20.4. The summed E-state index contributed by atoms with van der Waals surface area (Å²) in [4.78, 5) is 13.2. The molecule has 0 atom stereocenters. The summed E-state index contributed by atoms with van der Waals surface area (Å²) in [7, 11) is 0. The SMILES string of the molecule is ONc1ncnc2c1ncn2C(c1ccccc1)(c1ccccc1)c1ccccc1. The number of hydrogen-bond acceptors (Lipinski definition) is 5. The minimum Gasteiger partial charge on any atom is -0.296 e. The van der Waals surface area contributed by atoms with Crippen LogP contribution in [0.3, 0.4) is 0 Å². The number of anilines is 1. The van der Waals surface area contributed by atoms with Gasteiger partial charge in [-0.1, -0.05) is 91.0 Å². The van der Waals surface area contributed by atoms with Crippen LogP contribution in [-0.4, -0.2) is 24.7 Å². The van der Waals surface area contributed by atoms with Crippen LogP contribution in [0.2, 0.25) is 0 Å². The molecule has 146 valence electrons. The Hall–Kier alpha value is -4.03. The average molecular weight is 393 g/mol. The van der Waals surface area contributed by atoms with E-state index in [1.807, 2.05) is 59.2 Å². The Bertz CT molecular complexity index is 1170. The van der Waals surface area contributed by atoms with Crippen LogP contribution in [0.5, 0.6) is 0 Å². The predicted octanol–water partition coefficient (Wildman–Crippen LogP) is 4.47. The standard InChI is InChI=1S/C24H19N5O/c30-28-22-21-23(26-16-25-22)29(17-27-21)24(18-10-4-1-5-11-18,19-12-6-2-7-13-19)20-14-8-3-9-15-20/h1-17,30H,(H,25,26,28). The molecule has 0 fully saturated rings. The monoisotopic (exact) mass is 393 g/mol. The number of hydrogen-bond donors (Lipinski definition) is 2. The summed E-state index contributed by atoms with van der Waals surface area (Å²) in [5.41, 5.74) is 5.71. The van der Waals surface area contributed by atoms with Crippen molar-refractivity contribution in [3.05, 3.63) is 120 Å². The highest BCUT2D eigenvalue weighted by Gasteiger charge is 2.39. The van der Waals surface area contributed by atoms with Crippen molar-refractivity contribution in [1.82, 2.24) is 19.5 Å². The first-order valence-electron chi connectivity index (χ1n) is 9.61. The van der Waals surface area contributed by atoms with Crippen LogP contribution in [0.25, 0.3) is 11.2 Å². The molecule has 0 aliphatic heterocycles. The second-order valence-corrected chi connectivity index (χ2v) is 6.93. The maximum atomic E-state index is 9.51. The molecule has 0 saturated heterocycles. The van der Waals surface area contributed by atoms with Gasteiger partial charge in [-0.05, 0) is 16.7 Å². The van der Waals surface area contributed by atoms with Crippen molar-refractivity contribution in [1.29, 1.82) is 0 Å². The normalized spacial score (nSPS) is 11.5. The number of imidazole rings is 1. The molecular formula is C24H19N5O. The Balaban J connectivity index is 1.95. The van der Waals surface area contributed by atoms with Gasteiger partial charge in [0.2, 0.25) is 0 Å². The van der Waals surface area contributed by atoms with E-state index in [2.05, 4.69) is 56.8 Å². The molecular weight excluding hydrogens is 374 g/mol. The smallest absolute Gasteiger partial charge is 0.181 e. The van der Waals surface area contributed by atoms with E-state index in [-0.39, 0.29) is 5.82 Å². The summed E-state index contributed by atoms with van der Waals surface area (Å²) >= 11 is 0. The summed E-state index contributed by atoms with van der Waals surface area (Å²) in [6, 6.07) is 30.9. The largest absolute Gasteiger partial charge is 0.296 e. The molecule has 0 unspecified atom stereocenters. The van der Waals surface area contributed by atoms with E-state index in [0.29, 0.717) is 11.2 Å². The fourth-order valence-corrected chi connectivity index (χ4v) is 4.12. The molecule has 5 aromatic rings. The highest BCUT2D eigenvalue weighted by atomic mass is 16.5. The van der Waals surface area contributed by atoms with Gasteiger partial charge < -0.3 is 0 Å². The van der Waals surface area contributed by atoms with E-state index in [4.69, 9.17) is 0 Å². The van der Waals surface area contributed by atoms with Gasteiger partial charge in [0.05, 0.1) is 6.33 Å². The highest BCUT2D eigenvalue weighted by molar-refractivity contribution is 5.83. The van der Waals surface area contributed by atoms with Crippen molar-refractivity contribution in [3.8, 4) is 0 Å². The van der Waals surface area contributed by atoms with Gasteiger partial charge in [0.1, 0.15) is 11.9 Å². The summed E-state index contributed by atoms with van der Waals surface area (Å²) in [6.45, 7) is 0. The zero-order valence-electron chi connectivity index (χ0n) is 16.1. The lowest BCUT2D eigenvalue weighted by molar-refractivity contribution is 0.386. The molecule has 0 aliphatic carbocycles. The third-order valence-electron chi connectivity index (χ3n) is 5.38. The lowest BCUT2D eigenvalue weighted by Gasteiger charge is -2.37. The number of benzene rings is 3. The molecule has 30 heavy (non-hydrogen) atoms. The van der Waals surface area contributed by atoms with Crippen molar-refractivity contribution < 1.29 is 5.21 Å². The second kappa shape index (κ2) is 7.42. The molecule has 6 heteroatoms. The van der Waals surface area contributed by atoms with Crippen LogP contribution in [0.1, 0.15) is 16.7 Å². The summed E-state index contributed by atoms with van der Waals surface area (Å²) in [5, 5.41) is 9.51. The van der Waals surface area contributed by atoms with Crippen LogP contribution < -0.4 is 5.48 Å². The first-order valence-corrected chi connectivity index (χ1v) is 9.61. The molecule has 2 heterocycles. The van der Waals surface area contributed by atoms with Gasteiger partial charge in [-0.2, -0.15) is 0 Å². The van der Waals surface area contributed by atoms with E-state index in [9.17, 15) is 5.21 Å². The van der Waals surface area contributed by atoms with Crippen LogP contribution in [0.15, 0.2) is 104 Å². The Morgan fingerprint density at radius 3 is 1.63 bits per heavy atom. The molecule has 0 radical (unpaired) electrons.